The molecular weight excluding hydrogens is 446 g/mol. The average Bonchev–Trinajstić information content (AvgIpc) is 3.41. The fraction of sp³-hybridized carbons (Fsp3) is 0.481. The van der Waals surface area contributed by atoms with Gasteiger partial charge in [0.1, 0.15) is 5.75 Å². The zero-order valence-corrected chi connectivity index (χ0v) is 21.3. The van der Waals surface area contributed by atoms with Crippen LogP contribution in [0, 0.1) is 0 Å². The van der Waals surface area contributed by atoms with E-state index in [0.717, 1.165) is 68.2 Å². The number of benzene rings is 1. The van der Waals surface area contributed by atoms with Gasteiger partial charge in [0, 0.05) is 57.8 Å². The molecule has 0 spiro atoms. The van der Waals surface area contributed by atoms with E-state index in [9.17, 15) is 9.59 Å². The summed E-state index contributed by atoms with van der Waals surface area (Å²) in [5.74, 6) is 1.17. The average molecular weight is 484 g/mol. The SMILES string of the molecule is CCCCCC(=O)N(C/C=C/c1ccccc1OC)CCN1CCN(C(=O)c2cccs2)CC1. The number of carbonyl (C=O) groups excluding carboxylic acids is 2. The van der Waals surface area contributed by atoms with Crippen LogP contribution < -0.4 is 4.74 Å². The normalized spacial score (nSPS) is 14.5. The Bertz CT molecular complexity index is 921. The van der Waals surface area contributed by atoms with Crippen LogP contribution in [-0.4, -0.2) is 79.4 Å². The van der Waals surface area contributed by atoms with Gasteiger partial charge in [0.15, 0.2) is 0 Å². The molecule has 7 heteroatoms. The number of hydrogen-bond acceptors (Lipinski definition) is 5. The van der Waals surface area contributed by atoms with Crippen molar-refractivity contribution in [2.45, 2.75) is 32.6 Å². The quantitative estimate of drug-likeness (QED) is 0.413. The van der Waals surface area contributed by atoms with Crippen LogP contribution >= 0.6 is 11.3 Å². The lowest BCUT2D eigenvalue weighted by Gasteiger charge is -2.35. The molecule has 0 unspecified atom stereocenters. The van der Waals surface area contributed by atoms with Crippen LogP contribution in [-0.2, 0) is 4.79 Å². The number of thiophene rings is 1. The first-order valence-electron chi connectivity index (χ1n) is 12.2. The molecule has 2 heterocycles. The second-order valence-electron chi connectivity index (χ2n) is 8.55. The van der Waals surface area contributed by atoms with Gasteiger partial charge < -0.3 is 14.5 Å². The summed E-state index contributed by atoms with van der Waals surface area (Å²) in [6, 6.07) is 11.7. The predicted octanol–water partition coefficient (Wildman–Crippen LogP) is 4.64. The molecule has 0 radical (unpaired) electrons. The number of nitrogens with zero attached hydrogens (tertiary/aromatic N) is 3. The molecule has 34 heavy (non-hydrogen) atoms. The van der Waals surface area contributed by atoms with E-state index in [1.807, 2.05) is 63.7 Å². The molecular formula is C27H37N3O3S. The van der Waals surface area contributed by atoms with Gasteiger partial charge in [-0.25, -0.2) is 0 Å². The number of ether oxygens (including phenoxy) is 1. The van der Waals surface area contributed by atoms with Crippen LogP contribution in [0.4, 0.5) is 0 Å². The van der Waals surface area contributed by atoms with E-state index in [0.29, 0.717) is 19.5 Å². The molecule has 0 bridgehead atoms. The first-order chi connectivity index (χ1) is 16.6. The minimum absolute atomic E-state index is 0.129. The molecule has 0 N–H and O–H groups in total. The van der Waals surface area contributed by atoms with Crippen molar-refractivity contribution >= 4 is 29.2 Å². The molecule has 1 aliphatic rings. The highest BCUT2D eigenvalue weighted by Gasteiger charge is 2.23. The Labute approximate surface area is 207 Å². The summed E-state index contributed by atoms with van der Waals surface area (Å²) in [6.07, 6.45) is 7.80. The monoisotopic (exact) mass is 483 g/mol. The van der Waals surface area contributed by atoms with Gasteiger partial charge >= 0.3 is 0 Å². The van der Waals surface area contributed by atoms with E-state index in [4.69, 9.17) is 4.74 Å². The number of rotatable bonds is 12. The summed E-state index contributed by atoms with van der Waals surface area (Å²) in [6.45, 7) is 7.39. The molecule has 1 saturated heterocycles. The smallest absolute Gasteiger partial charge is 0.264 e. The number of amides is 2. The molecule has 0 atom stereocenters. The van der Waals surface area contributed by atoms with Gasteiger partial charge in [-0.3, -0.25) is 14.5 Å². The highest BCUT2D eigenvalue weighted by molar-refractivity contribution is 7.12. The Kier molecular flexibility index (Phi) is 10.6. The van der Waals surface area contributed by atoms with E-state index in [1.165, 1.54) is 11.3 Å². The van der Waals surface area contributed by atoms with Crippen molar-refractivity contribution in [2.75, 3.05) is 52.9 Å². The Morgan fingerprint density at radius 2 is 1.88 bits per heavy atom. The van der Waals surface area contributed by atoms with Gasteiger partial charge in [-0.1, -0.05) is 56.2 Å². The molecule has 6 nitrogen and oxygen atoms in total. The maximum Gasteiger partial charge on any atom is 0.264 e. The largest absolute Gasteiger partial charge is 0.496 e. The highest BCUT2D eigenvalue weighted by Crippen LogP contribution is 2.19. The summed E-state index contributed by atoms with van der Waals surface area (Å²) < 4.78 is 5.43. The number of piperazine rings is 1. The van der Waals surface area contributed by atoms with Gasteiger partial charge in [-0.15, -0.1) is 11.3 Å². The van der Waals surface area contributed by atoms with Crippen LogP contribution in [0.1, 0.15) is 47.8 Å². The van der Waals surface area contributed by atoms with Crippen molar-refractivity contribution < 1.29 is 14.3 Å². The van der Waals surface area contributed by atoms with Gasteiger partial charge in [-0.2, -0.15) is 0 Å². The second kappa shape index (κ2) is 13.9. The first kappa shape index (κ1) is 26.0. The fourth-order valence-corrected chi connectivity index (χ4v) is 4.80. The molecule has 1 aromatic heterocycles. The molecule has 0 aliphatic carbocycles. The maximum atomic E-state index is 12.9. The van der Waals surface area contributed by atoms with Gasteiger partial charge in [0.2, 0.25) is 5.91 Å². The molecule has 0 saturated carbocycles. The number of unbranched alkanes of at least 4 members (excludes halogenated alkanes) is 2. The summed E-state index contributed by atoms with van der Waals surface area (Å²) in [4.78, 5) is 32.6. The predicted molar refractivity (Wildman–Crippen MR) is 139 cm³/mol. The third-order valence-electron chi connectivity index (χ3n) is 6.19. The third kappa shape index (κ3) is 7.71. The van der Waals surface area contributed by atoms with Gasteiger partial charge in [-0.05, 0) is 23.9 Å². The van der Waals surface area contributed by atoms with Gasteiger partial charge in [0.05, 0.1) is 12.0 Å². The molecule has 1 aromatic carbocycles. The lowest BCUT2D eigenvalue weighted by atomic mass is 10.1. The van der Waals surface area contributed by atoms with Crippen LogP contribution in [0.25, 0.3) is 6.08 Å². The molecule has 1 fully saturated rings. The zero-order valence-electron chi connectivity index (χ0n) is 20.4. The number of carbonyl (C=O) groups is 2. The number of para-hydroxylation sites is 1. The van der Waals surface area contributed by atoms with Crippen molar-refractivity contribution in [3.63, 3.8) is 0 Å². The topological polar surface area (TPSA) is 53.1 Å². The zero-order chi connectivity index (χ0) is 24.2. The Morgan fingerprint density at radius 1 is 1.09 bits per heavy atom. The summed E-state index contributed by atoms with van der Waals surface area (Å²) in [5, 5.41) is 1.94. The van der Waals surface area contributed by atoms with Crippen molar-refractivity contribution in [1.29, 1.82) is 0 Å². The van der Waals surface area contributed by atoms with Gasteiger partial charge in [0.25, 0.3) is 5.91 Å². The second-order valence-corrected chi connectivity index (χ2v) is 9.50. The molecule has 2 aromatic rings. The van der Waals surface area contributed by atoms with Crippen molar-refractivity contribution in [2.24, 2.45) is 0 Å². The van der Waals surface area contributed by atoms with Crippen LogP contribution in [0.15, 0.2) is 47.9 Å². The van der Waals surface area contributed by atoms with E-state index in [2.05, 4.69) is 11.8 Å². The van der Waals surface area contributed by atoms with Crippen LogP contribution in [0.3, 0.4) is 0 Å². The fourth-order valence-electron chi connectivity index (χ4n) is 4.11. The molecule has 1 aliphatic heterocycles. The maximum absolute atomic E-state index is 12.9. The van der Waals surface area contributed by atoms with Crippen molar-refractivity contribution in [3.05, 3.63) is 58.3 Å². The van der Waals surface area contributed by atoms with Crippen LogP contribution in [0.5, 0.6) is 5.75 Å². The molecule has 2 amide bonds. The lowest BCUT2D eigenvalue weighted by molar-refractivity contribution is -0.131. The van der Waals surface area contributed by atoms with E-state index in [1.54, 1.807) is 7.11 Å². The lowest BCUT2D eigenvalue weighted by Crippen LogP contribution is -2.50. The first-order valence-corrected chi connectivity index (χ1v) is 13.1. The van der Waals surface area contributed by atoms with Crippen molar-refractivity contribution in [3.8, 4) is 5.75 Å². The standard InChI is InChI=1S/C27H37N3O3S/c1-3-4-5-14-26(31)29(15-8-11-23-10-6-7-12-24(23)33-2)19-16-28-17-20-30(21-18-28)27(32)25-13-9-22-34-25/h6-13,22H,3-5,14-21H2,1-2H3/b11-8+. The Morgan fingerprint density at radius 3 is 2.59 bits per heavy atom. The minimum Gasteiger partial charge on any atom is -0.496 e. The minimum atomic E-state index is 0.129. The third-order valence-corrected chi connectivity index (χ3v) is 7.04. The summed E-state index contributed by atoms with van der Waals surface area (Å²) in [5.41, 5.74) is 1.01. The Balaban J connectivity index is 1.52. The molecule has 3 rings (SSSR count). The Hall–Kier alpha value is -2.64. The molecule has 184 valence electrons. The summed E-state index contributed by atoms with van der Waals surface area (Å²) in [7, 11) is 1.67. The van der Waals surface area contributed by atoms with Crippen LogP contribution in [0.2, 0.25) is 0 Å². The van der Waals surface area contributed by atoms with E-state index >= 15 is 0 Å². The van der Waals surface area contributed by atoms with E-state index in [-0.39, 0.29) is 11.8 Å². The number of hydrogen-bond donors (Lipinski definition) is 0. The summed E-state index contributed by atoms with van der Waals surface area (Å²) >= 11 is 1.50. The van der Waals surface area contributed by atoms with E-state index < -0.39 is 0 Å². The number of methoxy groups -OCH3 is 1. The van der Waals surface area contributed by atoms with Crippen molar-refractivity contribution in [1.82, 2.24) is 14.7 Å². The highest BCUT2D eigenvalue weighted by atomic mass is 32.1.